The van der Waals surface area contributed by atoms with E-state index in [0.29, 0.717) is 5.69 Å². The van der Waals surface area contributed by atoms with Crippen molar-refractivity contribution in [1.29, 1.82) is 0 Å². The van der Waals surface area contributed by atoms with Gasteiger partial charge in [-0.1, -0.05) is 0 Å². The first-order chi connectivity index (χ1) is 7.58. The molecule has 0 saturated heterocycles. The number of aryl methyl sites for hydroxylation is 1. The summed E-state index contributed by atoms with van der Waals surface area (Å²) >= 11 is 0. The molecule has 0 aliphatic heterocycles. The zero-order valence-electron chi connectivity index (χ0n) is 8.78. The summed E-state index contributed by atoms with van der Waals surface area (Å²) in [6.07, 6.45) is 1.16. The Morgan fingerprint density at radius 1 is 1.24 bits per heavy atom. The molecule has 7 heteroatoms. The minimum Gasteiger partial charge on any atom is -0.313 e. The van der Waals surface area contributed by atoms with Gasteiger partial charge in [-0.2, -0.15) is 4.39 Å². The first-order valence-electron chi connectivity index (χ1n) is 4.53. The van der Waals surface area contributed by atoms with Gasteiger partial charge in [0, 0.05) is 17.5 Å². The maximum atomic E-state index is 13.5. The quantitative estimate of drug-likeness (QED) is 0.748. The van der Waals surface area contributed by atoms with Gasteiger partial charge in [0.05, 0.1) is 5.56 Å². The van der Waals surface area contributed by atoms with E-state index in [1.54, 1.807) is 13.0 Å². The first-order valence-corrected chi connectivity index (χ1v) is 4.53. The number of rotatable bonds is 1. The number of hydrogen-bond acceptors (Lipinski definition) is 3. The second kappa shape index (κ2) is 4.92. The van der Waals surface area contributed by atoms with Crippen molar-refractivity contribution in [2.45, 2.75) is 6.92 Å². The van der Waals surface area contributed by atoms with Crippen molar-refractivity contribution in [3.05, 3.63) is 50.8 Å². The lowest BCUT2D eigenvalue weighted by atomic mass is 10.1. The summed E-state index contributed by atoms with van der Waals surface area (Å²) in [4.78, 5) is 30.1. The van der Waals surface area contributed by atoms with Crippen LogP contribution in [-0.2, 0) is 0 Å². The van der Waals surface area contributed by atoms with E-state index in [1.165, 1.54) is 6.07 Å². The smallest absolute Gasteiger partial charge is 0.313 e. The Kier molecular flexibility index (Phi) is 3.80. The zero-order valence-corrected chi connectivity index (χ0v) is 9.60. The maximum Gasteiger partial charge on any atom is 0.325 e. The molecule has 0 unspecified atom stereocenters. The van der Waals surface area contributed by atoms with E-state index in [1.807, 2.05) is 4.98 Å². The average Bonchev–Trinajstić information content (AvgIpc) is 2.19. The van der Waals surface area contributed by atoms with Crippen LogP contribution in [0.25, 0.3) is 11.1 Å². The summed E-state index contributed by atoms with van der Waals surface area (Å²) in [7, 11) is 0. The predicted octanol–water partition coefficient (Wildman–Crippen LogP) is 0.995. The minimum absolute atomic E-state index is 0. The van der Waals surface area contributed by atoms with E-state index < -0.39 is 17.2 Å². The van der Waals surface area contributed by atoms with Gasteiger partial charge in [0.2, 0.25) is 5.95 Å². The third kappa shape index (κ3) is 2.59. The van der Waals surface area contributed by atoms with Crippen LogP contribution in [0, 0.1) is 12.9 Å². The molecule has 2 aromatic rings. The number of pyridine rings is 1. The number of aromatic amines is 2. The number of nitrogens with one attached hydrogen (secondary N) is 2. The van der Waals surface area contributed by atoms with Crippen LogP contribution in [0.2, 0.25) is 0 Å². The molecule has 0 spiro atoms. The average molecular weight is 258 g/mol. The summed E-state index contributed by atoms with van der Waals surface area (Å²) in [5, 5.41) is 0. The van der Waals surface area contributed by atoms with Gasteiger partial charge in [0.15, 0.2) is 0 Å². The van der Waals surface area contributed by atoms with Gasteiger partial charge in [0.1, 0.15) is 0 Å². The molecule has 2 N–H and O–H groups in total. The van der Waals surface area contributed by atoms with Crippen molar-refractivity contribution in [1.82, 2.24) is 15.0 Å². The molecular formula is C10H9ClFN3O2. The highest BCUT2D eigenvalue weighted by Crippen LogP contribution is 2.16. The Labute approximate surface area is 101 Å². The summed E-state index contributed by atoms with van der Waals surface area (Å²) in [6.45, 7) is 1.64. The molecule has 17 heavy (non-hydrogen) atoms. The predicted molar refractivity (Wildman–Crippen MR) is 62.9 cm³/mol. The van der Waals surface area contributed by atoms with Crippen LogP contribution < -0.4 is 11.2 Å². The van der Waals surface area contributed by atoms with E-state index in [2.05, 4.69) is 9.97 Å². The Balaban J connectivity index is 0.00000144. The van der Waals surface area contributed by atoms with Crippen molar-refractivity contribution < 1.29 is 4.39 Å². The van der Waals surface area contributed by atoms with Gasteiger partial charge >= 0.3 is 5.69 Å². The fourth-order valence-corrected chi connectivity index (χ4v) is 1.34. The summed E-state index contributed by atoms with van der Waals surface area (Å²) in [5.74, 6) is -0.738. The molecule has 0 atom stereocenters. The lowest BCUT2D eigenvalue weighted by molar-refractivity contribution is 0.583. The van der Waals surface area contributed by atoms with Crippen LogP contribution in [0.1, 0.15) is 5.69 Å². The molecule has 0 amide bonds. The molecule has 2 rings (SSSR count). The second-order valence-electron chi connectivity index (χ2n) is 3.28. The van der Waals surface area contributed by atoms with Crippen molar-refractivity contribution in [2.75, 3.05) is 0 Å². The summed E-state index contributed by atoms with van der Waals surface area (Å²) in [5.41, 5.74) is -0.655. The van der Waals surface area contributed by atoms with E-state index in [0.717, 1.165) is 6.20 Å². The van der Waals surface area contributed by atoms with E-state index in [9.17, 15) is 14.0 Å². The van der Waals surface area contributed by atoms with E-state index in [4.69, 9.17) is 0 Å². The largest absolute Gasteiger partial charge is 0.325 e. The normalized spacial score (nSPS) is 9.76. The summed E-state index contributed by atoms with van der Waals surface area (Å²) in [6, 6.07) is 3.03. The van der Waals surface area contributed by atoms with Gasteiger partial charge < -0.3 is 4.98 Å². The monoisotopic (exact) mass is 257 g/mol. The SMILES string of the molecule is Cc1ccc(-c2c[nH]c(=O)[nH]c2=O)c(F)n1.Cl. The highest BCUT2D eigenvalue weighted by molar-refractivity contribution is 5.85. The molecule has 0 fully saturated rings. The van der Waals surface area contributed by atoms with Crippen molar-refractivity contribution >= 4 is 12.4 Å². The van der Waals surface area contributed by atoms with Crippen LogP contribution in [-0.4, -0.2) is 15.0 Å². The fourth-order valence-electron chi connectivity index (χ4n) is 1.34. The van der Waals surface area contributed by atoms with Gasteiger partial charge in [-0.05, 0) is 19.1 Å². The van der Waals surface area contributed by atoms with Gasteiger partial charge in [0.25, 0.3) is 5.56 Å². The Morgan fingerprint density at radius 3 is 2.53 bits per heavy atom. The van der Waals surface area contributed by atoms with Crippen LogP contribution >= 0.6 is 12.4 Å². The molecule has 2 heterocycles. The number of nitrogens with zero attached hydrogens (tertiary/aromatic N) is 1. The highest BCUT2D eigenvalue weighted by Gasteiger charge is 2.10. The maximum absolute atomic E-state index is 13.5. The summed E-state index contributed by atoms with van der Waals surface area (Å²) < 4.78 is 13.5. The van der Waals surface area contributed by atoms with Gasteiger partial charge in [-0.3, -0.25) is 9.78 Å². The number of aromatic nitrogens is 3. The zero-order chi connectivity index (χ0) is 11.7. The van der Waals surface area contributed by atoms with Crippen LogP contribution in [0.4, 0.5) is 4.39 Å². The second-order valence-corrected chi connectivity index (χ2v) is 3.28. The fraction of sp³-hybridized carbons (Fsp3) is 0.100. The molecule has 90 valence electrons. The lowest BCUT2D eigenvalue weighted by Gasteiger charge is -2.01. The highest BCUT2D eigenvalue weighted by atomic mass is 35.5. The van der Waals surface area contributed by atoms with E-state index in [-0.39, 0.29) is 23.5 Å². The molecule has 0 radical (unpaired) electrons. The molecule has 0 aliphatic rings. The molecule has 0 saturated carbocycles. The molecular weight excluding hydrogens is 249 g/mol. The van der Waals surface area contributed by atoms with Crippen molar-refractivity contribution in [3.63, 3.8) is 0 Å². The standard InChI is InChI=1S/C10H8FN3O2.ClH/c1-5-2-3-6(8(11)13-5)7-4-12-10(16)14-9(7)15;/h2-4H,1H3,(H2,12,14,15,16);1H. The van der Waals surface area contributed by atoms with E-state index >= 15 is 0 Å². The van der Waals surface area contributed by atoms with Crippen LogP contribution in [0.5, 0.6) is 0 Å². The van der Waals surface area contributed by atoms with Crippen LogP contribution in [0.15, 0.2) is 27.9 Å². The molecule has 5 nitrogen and oxygen atoms in total. The third-order valence-electron chi connectivity index (χ3n) is 2.10. The van der Waals surface area contributed by atoms with Gasteiger partial charge in [-0.25, -0.2) is 9.78 Å². The Hall–Kier alpha value is -1.95. The molecule has 0 bridgehead atoms. The number of hydrogen-bond donors (Lipinski definition) is 2. The topological polar surface area (TPSA) is 78.6 Å². The number of H-pyrrole nitrogens is 2. The number of halogens is 2. The third-order valence-corrected chi connectivity index (χ3v) is 2.10. The lowest BCUT2D eigenvalue weighted by Crippen LogP contribution is -2.22. The first kappa shape index (κ1) is 13.1. The Bertz CT molecular complexity index is 650. The van der Waals surface area contributed by atoms with Crippen molar-refractivity contribution in [2.24, 2.45) is 0 Å². The van der Waals surface area contributed by atoms with Crippen molar-refractivity contribution in [3.8, 4) is 11.1 Å². The van der Waals surface area contributed by atoms with Gasteiger partial charge in [-0.15, -0.1) is 12.4 Å². The molecule has 2 aromatic heterocycles. The molecule has 0 aromatic carbocycles. The molecule has 0 aliphatic carbocycles. The van der Waals surface area contributed by atoms with Crippen LogP contribution in [0.3, 0.4) is 0 Å². The Morgan fingerprint density at radius 2 is 1.94 bits per heavy atom. The minimum atomic E-state index is -0.738.